The number of aliphatic carboxylic acids is 1. The predicted octanol–water partition coefficient (Wildman–Crippen LogP) is 3.69. The van der Waals surface area contributed by atoms with E-state index in [9.17, 15) is 19.4 Å². The average Bonchev–Trinajstić information content (AvgIpc) is 2.80. The second-order valence-electron chi connectivity index (χ2n) is 6.21. The van der Waals surface area contributed by atoms with E-state index in [1.165, 1.54) is 0 Å². The molecule has 0 saturated carbocycles. The summed E-state index contributed by atoms with van der Waals surface area (Å²) in [6.45, 7) is 3.83. The Bertz CT molecular complexity index is 707. The lowest BCUT2D eigenvalue weighted by Gasteiger charge is -2.18. The van der Waals surface area contributed by atoms with Crippen molar-refractivity contribution in [3.63, 3.8) is 0 Å². The summed E-state index contributed by atoms with van der Waals surface area (Å²) in [7, 11) is -3.55. The molecule has 0 spiro atoms. The fraction of sp³-hybridized carbons (Fsp3) is 0.438. The van der Waals surface area contributed by atoms with Crippen molar-refractivity contribution in [2.75, 3.05) is 6.16 Å². The van der Waals surface area contributed by atoms with E-state index in [1.54, 1.807) is 6.20 Å². The van der Waals surface area contributed by atoms with Crippen molar-refractivity contribution in [2.24, 2.45) is 11.8 Å². The SMILES string of the molecule is CC(C)CC(CP(=O)(O)Cc1c[nH]c2ccccc12)C(=O)O. The van der Waals surface area contributed by atoms with Gasteiger partial charge in [-0.05, 0) is 24.0 Å². The fourth-order valence-electron chi connectivity index (χ4n) is 2.76. The lowest BCUT2D eigenvalue weighted by molar-refractivity contribution is -0.141. The summed E-state index contributed by atoms with van der Waals surface area (Å²) in [4.78, 5) is 24.6. The van der Waals surface area contributed by atoms with E-state index < -0.39 is 19.3 Å². The summed E-state index contributed by atoms with van der Waals surface area (Å²) in [5.41, 5.74) is 1.67. The minimum atomic E-state index is -3.55. The molecule has 3 N–H and O–H groups in total. The normalized spacial score (nSPS) is 15.8. The highest BCUT2D eigenvalue weighted by Crippen LogP contribution is 2.48. The number of H-pyrrole nitrogens is 1. The highest BCUT2D eigenvalue weighted by atomic mass is 31.2. The van der Waals surface area contributed by atoms with E-state index in [0.717, 1.165) is 16.5 Å². The zero-order valence-corrected chi connectivity index (χ0v) is 13.7. The molecule has 2 unspecified atom stereocenters. The van der Waals surface area contributed by atoms with Gasteiger partial charge in [-0.15, -0.1) is 0 Å². The lowest BCUT2D eigenvalue weighted by Crippen LogP contribution is -2.20. The molecule has 0 bridgehead atoms. The number of benzene rings is 1. The van der Waals surface area contributed by atoms with Gasteiger partial charge in [0.25, 0.3) is 0 Å². The number of para-hydroxylation sites is 1. The lowest BCUT2D eigenvalue weighted by atomic mass is 9.99. The Morgan fingerprint density at radius 3 is 2.64 bits per heavy atom. The topological polar surface area (TPSA) is 90.4 Å². The standard InChI is InChI=1S/C16H22NO4P/c1-11(2)7-12(16(18)19)9-22(20,21)10-13-8-17-15-6-4-3-5-14(13)15/h3-6,8,11-12,17H,7,9-10H2,1-2H3,(H,18,19)(H,20,21). The number of hydrogen-bond donors (Lipinski definition) is 3. The van der Waals surface area contributed by atoms with Crippen LogP contribution in [0.15, 0.2) is 30.5 Å². The molecule has 2 rings (SSSR count). The Morgan fingerprint density at radius 2 is 2.00 bits per heavy atom. The maximum atomic E-state index is 12.5. The number of nitrogens with one attached hydrogen (secondary N) is 1. The van der Waals surface area contributed by atoms with Crippen molar-refractivity contribution in [2.45, 2.75) is 26.4 Å². The van der Waals surface area contributed by atoms with Gasteiger partial charge in [-0.1, -0.05) is 32.0 Å². The molecule has 0 radical (unpaired) electrons. The number of aromatic amines is 1. The van der Waals surface area contributed by atoms with Gasteiger partial charge in [0.1, 0.15) is 0 Å². The van der Waals surface area contributed by atoms with E-state index in [1.807, 2.05) is 38.1 Å². The molecule has 0 aliphatic heterocycles. The molecule has 6 heteroatoms. The monoisotopic (exact) mass is 323 g/mol. The van der Waals surface area contributed by atoms with Crippen LogP contribution in [0.1, 0.15) is 25.8 Å². The third-order valence-electron chi connectivity index (χ3n) is 3.70. The molecule has 0 amide bonds. The minimum Gasteiger partial charge on any atom is -0.481 e. The first-order valence-electron chi connectivity index (χ1n) is 7.37. The maximum Gasteiger partial charge on any atom is 0.307 e. The number of carbonyl (C=O) groups is 1. The van der Waals surface area contributed by atoms with Crippen LogP contribution in [0, 0.1) is 11.8 Å². The van der Waals surface area contributed by atoms with Crippen molar-refractivity contribution >= 4 is 24.2 Å². The zero-order valence-electron chi connectivity index (χ0n) is 12.8. The van der Waals surface area contributed by atoms with Crippen LogP contribution in [0.25, 0.3) is 10.9 Å². The molecular formula is C16H22NO4P. The van der Waals surface area contributed by atoms with Crippen LogP contribution < -0.4 is 0 Å². The Labute approximate surface area is 129 Å². The molecule has 120 valence electrons. The van der Waals surface area contributed by atoms with Gasteiger partial charge in [0.05, 0.1) is 12.1 Å². The second kappa shape index (κ2) is 6.67. The van der Waals surface area contributed by atoms with Crippen molar-refractivity contribution in [3.8, 4) is 0 Å². The Hall–Kier alpha value is -1.58. The molecule has 0 aliphatic rings. The smallest absolute Gasteiger partial charge is 0.307 e. The molecule has 1 aromatic carbocycles. The van der Waals surface area contributed by atoms with Crippen LogP contribution in [-0.2, 0) is 15.5 Å². The molecule has 22 heavy (non-hydrogen) atoms. The van der Waals surface area contributed by atoms with Crippen molar-refractivity contribution in [1.82, 2.24) is 4.98 Å². The van der Waals surface area contributed by atoms with Gasteiger partial charge < -0.3 is 15.0 Å². The van der Waals surface area contributed by atoms with E-state index in [-0.39, 0.29) is 18.2 Å². The van der Waals surface area contributed by atoms with Gasteiger partial charge in [0, 0.05) is 23.3 Å². The van der Waals surface area contributed by atoms with Crippen LogP contribution >= 0.6 is 7.37 Å². The number of aromatic nitrogens is 1. The van der Waals surface area contributed by atoms with Crippen LogP contribution in [-0.4, -0.2) is 27.1 Å². The molecule has 1 heterocycles. The third-order valence-corrected chi connectivity index (χ3v) is 5.55. The van der Waals surface area contributed by atoms with Gasteiger partial charge in [0.2, 0.25) is 7.37 Å². The van der Waals surface area contributed by atoms with Gasteiger partial charge >= 0.3 is 5.97 Å². The Balaban J connectivity index is 2.16. The van der Waals surface area contributed by atoms with Gasteiger partial charge in [0.15, 0.2) is 0 Å². The minimum absolute atomic E-state index is 0.00110. The summed E-state index contributed by atoms with van der Waals surface area (Å²) in [6.07, 6.45) is 1.96. The van der Waals surface area contributed by atoms with Crippen LogP contribution in [0.3, 0.4) is 0 Å². The quantitative estimate of drug-likeness (QED) is 0.678. The highest BCUT2D eigenvalue weighted by molar-refractivity contribution is 7.57. The molecule has 0 aliphatic carbocycles. The molecule has 0 fully saturated rings. The largest absolute Gasteiger partial charge is 0.481 e. The van der Waals surface area contributed by atoms with Crippen LogP contribution in [0.4, 0.5) is 0 Å². The zero-order chi connectivity index (χ0) is 16.3. The number of carboxylic acid groups (broad SMARTS) is 1. The van der Waals surface area contributed by atoms with E-state index in [0.29, 0.717) is 6.42 Å². The highest BCUT2D eigenvalue weighted by Gasteiger charge is 2.30. The molecule has 2 aromatic rings. The molecule has 1 aromatic heterocycles. The molecule has 0 saturated heterocycles. The third kappa shape index (κ3) is 4.21. The van der Waals surface area contributed by atoms with Crippen molar-refractivity contribution < 1.29 is 19.4 Å². The first kappa shape index (κ1) is 16.8. The average molecular weight is 323 g/mol. The first-order chi connectivity index (χ1) is 10.3. The van der Waals surface area contributed by atoms with E-state index in [2.05, 4.69) is 4.98 Å². The second-order valence-corrected chi connectivity index (χ2v) is 8.59. The van der Waals surface area contributed by atoms with E-state index in [4.69, 9.17) is 0 Å². The summed E-state index contributed by atoms with van der Waals surface area (Å²) >= 11 is 0. The summed E-state index contributed by atoms with van der Waals surface area (Å²) in [5.74, 6) is -1.60. The summed E-state index contributed by atoms with van der Waals surface area (Å²) < 4.78 is 12.5. The number of hydrogen-bond acceptors (Lipinski definition) is 2. The number of fused-ring (bicyclic) bond motifs is 1. The summed E-state index contributed by atoms with van der Waals surface area (Å²) in [5, 5.41) is 10.2. The van der Waals surface area contributed by atoms with Crippen molar-refractivity contribution in [1.29, 1.82) is 0 Å². The summed E-state index contributed by atoms with van der Waals surface area (Å²) in [6, 6.07) is 7.56. The van der Waals surface area contributed by atoms with Gasteiger partial charge in [-0.25, -0.2) is 0 Å². The van der Waals surface area contributed by atoms with Gasteiger partial charge in [-0.2, -0.15) is 0 Å². The molecular weight excluding hydrogens is 301 g/mol. The van der Waals surface area contributed by atoms with Crippen LogP contribution in [0.2, 0.25) is 0 Å². The first-order valence-corrected chi connectivity index (χ1v) is 9.40. The fourth-order valence-corrected chi connectivity index (χ4v) is 4.68. The molecule has 2 atom stereocenters. The van der Waals surface area contributed by atoms with Crippen molar-refractivity contribution in [3.05, 3.63) is 36.0 Å². The Morgan fingerprint density at radius 1 is 1.32 bits per heavy atom. The Kier molecular flexibility index (Phi) is 5.09. The van der Waals surface area contributed by atoms with E-state index >= 15 is 0 Å². The number of rotatable bonds is 7. The number of carboxylic acids is 1. The molecule has 5 nitrogen and oxygen atoms in total. The maximum absolute atomic E-state index is 12.5. The van der Waals surface area contributed by atoms with Crippen LogP contribution in [0.5, 0.6) is 0 Å². The van der Waals surface area contributed by atoms with Gasteiger partial charge in [-0.3, -0.25) is 9.36 Å². The predicted molar refractivity (Wildman–Crippen MR) is 87.3 cm³/mol.